The number of fused-ring (bicyclic) bond motifs is 2. The second-order valence-electron chi connectivity index (χ2n) is 5.59. The van der Waals surface area contributed by atoms with Crippen molar-refractivity contribution in [2.45, 2.75) is 6.18 Å². The Labute approximate surface area is 140 Å². The topological polar surface area (TPSA) is 34.9 Å². The van der Waals surface area contributed by atoms with Gasteiger partial charge in [-0.1, -0.05) is 48.5 Å². The monoisotopic (exact) mass is 340 g/mol. The van der Waals surface area contributed by atoms with Crippen LogP contribution in [0.5, 0.6) is 0 Å². The maximum absolute atomic E-state index is 13.6. The molecular formula is C19H11F3N2O. The van der Waals surface area contributed by atoms with Crippen LogP contribution < -0.4 is 5.56 Å². The lowest BCUT2D eigenvalue weighted by Gasteiger charge is -2.17. The largest absolute Gasteiger partial charge is 0.450 e. The molecule has 6 heteroatoms. The van der Waals surface area contributed by atoms with Crippen LogP contribution in [0.4, 0.5) is 13.2 Å². The van der Waals surface area contributed by atoms with Crippen LogP contribution in [0.2, 0.25) is 0 Å². The molecule has 4 aromatic rings. The van der Waals surface area contributed by atoms with Gasteiger partial charge in [0.25, 0.3) is 5.56 Å². The van der Waals surface area contributed by atoms with Gasteiger partial charge in [-0.05, 0) is 23.6 Å². The van der Waals surface area contributed by atoms with Crippen molar-refractivity contribution in [2.75, 3.05) is 0 Å². The Hall–Kier alpha value is -3.15. The maximum atomic E-state index is 13.6. The number of aromatic nitrogens is 2. The second kappa shape index (κ2) is 5.44. The van der Waals surface area contributed by atoms with Crippen LogP contribution in [0.1, 0.15) is 5.82 Å². The van der Waals surface area contributed by atoms with Crippen LogP contribution in [0.3, 0.4) is 0 Å². The number of hydrogen-bond acceptors (Lipinski definition) is 2. The number of benzene rings is 3. The van der Waals surface area contributed by atoms with Crippen molar-refractivity contribution in [3.8, 4) is 5.69 Å². The number of hydrogen-bond donors (Lipinski definition) is 0. The summed E-state index contributed by atoms with van der Waals surface area (Å²) in [6.07, 6.45) is -4.76. The van der Waals surface area contributed by atoms with E-state index in [4.69, 9.17) is 0 Å². The minimum atomic E-state index is -4.76. The molecule has 124 valence electrons. The van der Waals surface area contributed by atoms with Gasteiger partial charge in [0.2, 0.25) is 5.82 Å². The summed E-state index contributed by atoms with van der Waals surface area (Å²) in [5.74, 6) is -1.23. The maximum Gasteiger partial charge on any atom is 0.450 e. The molecule has 1 heterocycles. The zero-order valence-corrected chi connectivity index (χ0v) is 12.8. The average molecular weight is 340 g/mol. The second-order valence-corrected chi connectivity index (χ2v) is 5.59. The number of para-hydroxylation sites is 1. The van der Waals surface area contributed by atoms with E-state index in [0.717, 1.165) is 5.39 Å². The van der Waals surface area contributed by atoms with Crippen molar-refractivity contribution in [1.29, 1.82) is 0 Å². The third-order valence-corrected chi connectivity index (χ3v) is 4.04. The molecule has 0 amide bonds. The first-order chi connectivity index (χ1) is 12.0. The minimum absolute atomic E-state index is 0.0244. The molecule has 0 fully saturated rings. The highest BCUT2D eigenvalue weighted by molar-refractivity contribution is 5.90. The Kier molecular flexibility index (Phi) is 3.35. The highest BCUT2D eigenvalue weighted by atomic mass is 19.4. The quantitative estimate of drug-likeness (QED) is 0.509. The molecule has 0 aliphatic rings. The molecule has 0 bridgehead atoms. The summed E-state index contributed by atoms with van der Waals surface area (Å²) in [5, 5.41) is 1.44. The summed E-state index contributed by atoms with van der Waals surface area (Å²) in [5.41, 5.74) is -0.556. The van der Waals surface area contributed by atoms with Crippen molar-refractivity contribution in [3.05, 3.63) is 82.9 Å². The van der Waals surface area contributed by atoms with Crippen LogP contribution in [-0.2, 0) is 6.18 Å². The molecule has 1 aromatic heterocycles. The van der Waals surface area contributed by atoms with Gasteiger partial charge in [0.15, 0.2) is 0 Å². The van der Waals surface area contributed by atoms with E-state index in [-0.39, 0.29) is 16.6 Å². The van der Waals surface area contributed by atoms with Gasteiger partial charge < -0.3 is 0 Å². The lowest BCUT2D eigenvalue weighted by molar-refractivity contribution is -0.146. The first kappa shape index (κ1) is 15.4. The number of nitrogens with zero attached hydrogens (tertiary/aromatic N) is 2. The molecule has 0 spiro atoms. The van der Waals surface area contributed by atoms with E-state index in [1.54, 1.807) is 48.5 Å². The molecule has 3 nitrogen and oxygen atoms in total. The summed E-state index contributed by atoms with van der Waals surface area (Å²) >= 11 is 0. The van der Waals surface area contributed by atoms with Gasteiger partial charge in [-0.3, -0.25) is 9.36 Å². The van der Waals surface area contributed by atoms with E-state index >= 15 is 0 Å². The molecule has 0 aliphatic carbocycles. The van der Waals surface area contributed by atoms with Gasteiger partial charge in [0, 0.05) is 5.39 Å². The smallest absolute Gasteiger partial charge is 0.268 e. The molecule has 0 saturated carbocycles. The molecule has 0 saturated heterocycles. The Morgan fingerprint density at radius 1 is 0.800 bits per heavy atom. The van der Waals surface area contributed by atoms with E-state index in [2.05, 4.69) is 4.98 Å². The lowest BCUT2D eigenvalue weighted by Crippen LogP contribution is -2.28. The SMILES string of the molecule is O=c1c2ccccc2nc(C(F)(F)F)n1-c1cccc2ccccc12. The molecule has 0 aliphatic heterocycles. The third-order valence-electron chi connectivity index (χ3n) is 4.04. The van der Waals surface area contributed by atoms with Crippen molar-refractivity contribution in [3.63, 3.8) is 0 Å². The molecule has 0 unspecified atom stereocenters. The Bertz CT molecular complexity index is 1160. The molecule has 4 rings (SSSR count). The van der Waals surface area contributed by atoms with Gasteiger partial charge >= 0.3 is 6.18 Å². The lowest BCUT2D eigenvalue weighted by atomic mass is 10.1. The summed E-state index contributed by atoms with van der Waals surface area (Å²) < 4.78 is 41.5. The van der Waals surface area contributed by atoms with Crippen molar-refractivity contribution in [1.82, 2.24) is 9.55 Å². The molecule has 0 atom stereocenters. The fraction of sp³-hybridized carbons (Fsp3) is 0.0526. The van der Waals surface area contributed by atoms with Crippen molar-refractivity contribution >= 4 is 21.7 Å². The first-order valence-electron chi connectivity index (χ1n) is 7.54. The summed E-state index contributed by atoms with van der Waals surface area (Å²) in [7, 11) is 0. The van der Waals surface area contributed by atoms with Crippen LogP contribution in [0, 0.1) is 0 Å². The number of alkyl halides is 3. The van der Waals surface area contributed by atoms with E-state index in [1.165, 1.54) is 18.2 Å². The van der Waals surface area contributed by atoms with Crippen molar-refractivity contribution < 1.29 is 13.2 Å². The molecule has 25 heavy (non-hydrogen) atoms. The summed E-state index contributed by atoms with van der Waals surface area (Å²) in [6.45, 7) is 0. The summed E-state index contributed by atoms with van der Waals surface area (Å²) in [6, 6.07) is 17.9. The van der Waals surface area contributed by atoms with Crippen LogP contribution in [0.25, 0.3) is 27.4 Å². The Morgan fingerprint density at radius 2 is 1.44 bits per heavy atom. The van der Waals surface area contributed by atoms with E-state index in [1.807, 2.05) is 0 Å². The van der Waals surface area contributed by atoms with Crippen LogP contribution in [-0.4, -0.2) is 9.55 Å². The highest BCUT2D eigenvalue weighted by Crippen LogP contribution is 2.31. The van der Waals surface area contributed by atoms with Crippen molar-refractivity contribution in [2.24, 2.45) is 0 Å². The third kappa shape index (κ3) is 2.46. The zero-order chi connectivity index (χ0) is 17.6. The van der Waals surface area contributed by atoms with Gasteiger partial charge in [-0.2, -0.15) is 13.2 Å². The fourth-order valence-electron chi connectivity index (χ4n) is 2.95. The zero-order valence-electron chi connectivity index (χ0n) is 12.8. The standard InChI is InChI=1S/C19H11F3N2O/c20-19(21,22)18-23-15-10-4-3-9-14(15)17(25)24(18)16-11-5-7-12-6-1-2-8-13(12)16/h1-11H. The summed E-state index contributed by atoms with van der Waals surface area (Å²) in [4.78, 5) is 16.6. The number of halogens is 3. The Balaban J connectivity index is 2.20. The molecule has 3 aromatic carbocycles. The van der Waals surface area contributed by atoms with Gasteiger partial charge in [0.05, 0.1) is 16.6 Å². The highest BCUT2D eigenvalue weighted by Gasteiger charge is 2.38. The predicted molar refractivity (Wildman–Crippen MR) is 89.8 cm³/mol. The van der Waals surface area contributed by atoms with Gasteiger partial charge in [-0.15, -0.1) is 0 Å². The van der Waals surface area contributed by atoms with E-state index < -0.39 is 17.6 Å². The average Bonchev–Trinajstić information content (AvgIpc) is 2.61. The van der Waals surface area contributed by atoms with Gasteiger partial charge in [0.1, 0.15) is 0 Å². The molecule has 0 N–H and O–H groups in total. The molecular weight excluding hydrogens is 329 g/mol. The predicted octanol–water partition coefficient (Wildman–Crippen LogP) is 4.56. The van der Waals surface area contributed by atoms with Crippen LogP contribution in [0.15, 0.2) is 71.5 Å². The van der Waals surface area contributed by atoms with Gasteiger partial charge in [-0.25, -0.2) is 4.98 Å². The Morgan fingerprint density at radius 3 is 2.20 bits per heavy atom. The van der Waals surface area contributed by atoms with E-state index in [9.17, 15) is 18.0 Å². The fourth-order valence-corrected chi connectivity index (χ4v) is 2.95. The van der Waals surface area contributed by atoms with Crippen LogP contribution >= 0.6 is 0 Å². The van der Waals surface area contributed by atoms with E-state index in [0.29, 0.717) is 9.95 Å². The normalized spacial score (nSPS) is 12.0. The minimum Gasteiger partial charge on any atom is -0.268 e. The molecule has 0 radical (unpaired) electrons. The number of rotatable bonds is 1. The first-order valence-corrected chi connectivity index (χ1v) is 7.54.